The van der Waals surface area contributed by atoms with Gasteiger partial charge in [-0.05, 0) is 121 Å². The maximum absolute atomic E-state index is 3.77. The van der Waals surface area contributed by atoms with Crippen molar-refractivity contribution in [2.24, 2.45) is 35.5 Å². The summed E-state index contributed by atoms with van der Waals surface area (Å²) in [6, 6.07) is 3.60. The molecule has 1 N–H and O–H groups in total. The molecule has 212 valence electrons. The minimum absolute atomic E-state index is 0.632. The van der Waals surface area contributed by atoms with E-state index in [9.17, 15) is 0 Å². The molecule has 0 aromatic carbocycles. The fourth-order valence-electron chi connectivity index (χ4n) is 8.16. The molecule has 3 fully saturated rings. The van der Waals surface area contributed by atoms with E-state index in [2.05, 4.69) is 77.4 Å². The van der Waals surface area contributed by atoms with Gasteiger partial charge in [-0.25, -0.2) is 0 Å². The number of nitrogens with one attached hydrogen (secondary N) is 1. The molecule has 6 atom stereocenters. The van der Waals surface area contributed by atoms with E-state index in [1.807, 2.05) is 0 Å². The minimum Gasteiger partial charge on any atom is -0.312 e. The Morgan fingerprint density at radius 2 is 1.31 bits per heavy atom. The average molecular weight is 504 g/mol. The molecule has 3 heteroatoms. The molecule has 3 nitrogen and oxygen atoms in total. The normalized spacial score (nSPS) is 33.5. The van der Waals surface area contributed by atoms with Crippen molar-refractivity contribution in [2.75, 3.05) is 19.6 Å². The topological polar surface area (TPSA) is 18.5 Å². The molecule has 2 aliphatic heterocycles. The molecule has 0 radical (unpaired) electrons. The van der Waals surface area contributed by atoms with Crippen molar-refractivity contribution < 1.29 is 0 Å². The number of likely N-dealkylation sites (tertiary alicyclic amines) is 2. The van der Waals surface area contributed by atoms with E-state index in [1.165, 1.54) is 83.8 Å². The van der Waals surface area contributed by atoms with E-state index in [0.717, 1.165) is 53.6 Å². The van der Waals surface area contributed by atoms with Crippen molar-refractivity contribution in [2.45, 2.75) is 157 Å². The summed E-state index contributed by atoms with van der Waals surface area (Å²) < 4.78 is 0. The summed E-state index contributed by atoms with van der Waals surface area (Å²) in [5.74, 6) is 5.44. The number of nitrogens with zero attached hydrogens (tertiary/aromatic N) is 2. The van der Waals surface area contributed by atoms with Gasteiger partial charge in [0, 0.05) is 36.8 Å². The van der Waals surface area contributed by atoms with Crippen LogP contribution >= 0.6 is 0 Å². The summed E-state index contributed by atoms with van der Waals surface area (Å²) in [6.45, 7) is 26.0. The average Bonchev–Trinajstić information content (AvgIpc) is 3.33. The lowest BCUT2D eigenvalue weighted by molar-refractivity contribution is 0.0453. The van der Waals surface area contributed by atoms with Crippen molar-refractivity contribution in [3.8, 4) is 0 Å². The SMILES string of the molecule is CC(C)NC1CCC(C(C)CCC(C)C2CCN(C(C)CC3CC(C(C)C)CCN3C(C)C)C2)CC1. The molecular weight excluding hydrogens is 438 g/mol. The minimum atomic E-state index is 0.632. The Balaban J connectivity index is 1.40. The Morgan fingerprint density at radius 3 is 1.89 bits per heavy atom. The van der Waals surface area contributed by atoms with Crippen LogP contribution in [0.4, 0.5) is 0 Å². The van der Waals surface area contributed by atoms with Crippen LogP contribution in [-0.4, -0.2) is 59.6 Å². The Labute approximate surface area is 226 Å². The van der Waals surface area contributed by atoms with Crippen molar-refractivity contribution in [1.82, 2.24) is 15.1 Å². The number of piperidine rings is 1. The maximum Gasteiger partial charge on any atom is 0.0115 e. The zero-order valence-corrected chi connectivity index (χ0v) is 25.9. The molecule has 2 heterocycles. The zero-order valence-electron chi connectivity index (χ0n) is 25.9. The van der Waals surface area contributed by atoms with Crippen LogP contribution in [0.1, 0.15) is 127 Å². The molecule has 36 heavy (non-hydrogen) atoms. The van der Waals surface area contributed by atoms with Gasteiger partial charge in [-0.2, -0.15) is 0 Å². The van der Waals surface area contributed by atoms with E-state index >= 15 is 0 Å². The second-order valence-corrected chi connectivity index (χ2v) is 14.6. The summed E-state index contributed by atoms with van der Waals surface area (Å²) in [4.78, 5) is 5.70. The van der Waals surface area contributed by atoms with E-state index in [4.69, 9.17) is 0 Å². The lowest BCUT2D eigenvalue weighted by atomic mass is 9.75. The summed E-state index contributed by atoms with van der Waals surface area (Å²) in [6.07, 6.45) is 14.2. The highest BCUT2D eigenvalue weighted by Gasteiger charge is 2.35. The van der Waals surface area contributed by atoms with Gasteiger partial charge in [0.15, 0.2) is 0 Å². The Morgan fingerprint density at radius 1 is 0.694 bits per heavy atom. The van der Waals surface area contributed by atoms with Gasteiger partial charge >= 0.3 is 0 Å². The molecule has 3 aliphatic rings. The van der Waals surface area contributed by atoms with Crippen molar-refractivity contribution in [3.05, 3.63) is 0 Å². The fourth-order valence-corrected chi connectivity index (χ4v) is 8.16. The molecule has 0 aromatic heterocycles. The number of rotatable bonds is 12. The first-order chi connectivity index (χ1) is 17.0. The predicted molar refractivity (Wildman–Crippen MR) is 159 cm³/mol. The zero-order chi connectivity index (χ0) is 26.4. The first kappa shape index (κ1) is 30.4. The second kappa shape index (κ2) is 14.3. The second-order valence-electron chi connectivity index (χ2n) is 14.6. The van der Waals surface area contributed by atoms with Crippen LogP contribution in [0, 0.1) is 35.5 Å². The molecule has 0 spiro atoms. The van der Waals surface area contributed by atoms with Crippen molar-refractivity contribution in [3.63, 3.8) is 0 Å². The first-order valence-electron chi connectivity index (χ1n) is 16.3. The summed E-state index contributed by atoms with van der Waals surface area (Å²) in [5, 5.41) is 3.77. The van der Waals surface area contributed by atoms with Gasteiger partial charge in [0.2, 0.25) is 0 Å². The fraction of sp³-hybridized carbons (Fsp3) is 1.00. The van der Waals surface area contributed by atoms with Gasteiger partial charge in [-0.3, -0.25) is 4.90 Å². The molecule has 3 rings (SSSR count). The molecule has 0 bridgehead atoms. The smallest absolute Gasteiger partial charge is 0.0115 e. The third-order valence-electron chi connectivity index (χ3n) is 10.9. The van der Waals surface area contributed by atoms with Crippen LogP contribution in [0.5, 0.6) is 0 Å². The summed E-state index contributed by atoms with van der Waals surface area (Å²) in [7, 11) is 0. The highest BCUT2D eigenvalue weighted by atomic mass is 15.2. The lowest BCUT2D eigenvalue weighted by Gasteiger charge is -2.45. The highest BCUT2D eigenvalue weighted by molar-refractivity contribution is 4.90. The molecule has 1 saturated carbocycles. The Kier molecular flexibility index (Phi) is 12.1. The van der Waals surface area contributed by atoms with Crippen molar-refractivity contribution in [1.29, 1.82) is 0 Å². The van der Waals surface area contributed by atoms with Crippen LogP contribution in [0.2, 0.25) is 0 Å². The molecule has 2 saturated heterocycles. The number of hydrogen-bond donors (Lipinski definition) is 1. The van der Waals surface area contributed by atoms with Gasteiger partial charge in [0.25, 0.3) is 0 Å². The van der Waals surface area contributed by atoms with Gasteiger partial charge in [-0.15, -0.1) is 0 Å². The van der Waals surface area contributed by atoms with Crippen LogP contribution in [0.3, 0.4) is 0 Å². The van der Waals surface area contributed by atoms with Gasteiger partial charge in [0.1, 0.15) is 0 Å². The molecule has 0 amide bonds. The standard InChI is InChI=1S/C33H65N3/c1-23(2)30-17-19-36(25(5)6)33(21-30)20-28(9)35-18-16-31(22-35)27(8)11-10-26(7)29-12-14-32(15-13-29)34-24(3)4/h23-34H,10-22H2,1-9H3. The summed E-state index contributed by atoms with van der Waals surface area (Å²) >= 11 is 0. The van der Waals surface area contributed by atoms with Gasteiger partial charge in [-0.1, -0.05) is 54.4 Å². The van der Waals surface area contributed by atoms with Crippen LogP contribution in [-0.2, 0) is 0 Å². The van der Waals surface area contributed by atoms with Gasteiger partial charge in [0.05, 0.1) is 0 Å². The van der Waals surface area contributed by atoms with Crippen LogP contribution in [0.25, 0.3) is 0 Å². The Bertz CT molecular complexity index is 608. The maximum atomic E-state index is 3.77. The quantitative estimate of drug-likeness (QED) is 0.292. The van der Waals surface area contributed by atoms with E-state index < -0.39 is 0 Å². The van der Waals surface area contributed by atoms with Crippen molar-refractivity contribution >= 4 is 0 Å². The first-order valence-corrected chi connectivity index (χ1v) is 16.3. The highest BCUT2D eigenvalue weighted by Crippen LogP contribution is 2.37. The van der Waals surface area contributed by atoms with Crippen LogP contribution < -0.4 is 5.32 Å². The largest absolute Gasteiger partial charge is 0.312 e. The molecule has 6 unspecified atom stereocenters. The Hall–Kier alpha value is -0.120. The molecule has 1 aliphatic carbocycles. The van der Waals surface area contributed by atoms with Crippen LogP contribution in [0.15, 0.2) is 0 Å². The van der Waals surface area contributed by atoms with E-state index in [0.29, 0.717) is 12.1 Å². The van der Waals surface area contributed by atoms with Gasteiger partial charge < -0.3 is 10.2 Å². The van der Waals surface area contributed by atoms with E-state index in [-0.39, 0.29) is 0 Å². The molecule has 0 aromatic rings. The molecular formula is C33H65N3. The lowest BCUT2D eigenvalue weighted by Crippen LogP contribution is -2.49. The summed E-state index contributed by atoms with van der Waals surface area (Å²) in [5.41, 5.74) is 0. The third kappa shape index (κ3) is 8.70. The van der Waals surface area contributed by atoms with E-state index in [1.54, 1.807) is 0 Å². The monoisotopic (exact) mass is 504 g/mol. The third-order valence-corrected chi connectivity index (χ3v) is 10.9. The predicted octanol–water partition coefficient (Wildman–Crippen LogP) is 7.84. The number of hydrogen-bond acceptors (Lipinski definition) is 3.